The van der Waals surface area contributed by atoms with E-state index in [0.29, 0.717) is 6.42 Å². The van der Waals surface area contributed by atoms with Crippen molar-refractivity contribution in [2.24, 2.45) is 0 Å². The van der Waals surface area contributed by atoms with E-state index in [4.69, 9.17) is 4.74 Å². The Labute approximate surface area is 205 Å². The highest BCUT2D eigenvalue weighted by molar-refractivity contribution is 14.1. The Morgan fingerprint density at radius 3 is 2.06 bits per heavy atom. The summed E-state index contributed by atoms with van der Waals surface area (Å²) in [7, 11) is 0. The smallest absolute Gasteiger partial charge is 0.308 e. The molecule has 0 aliphatic heterocycles. The first-order valence-corrected chi connectivity index (χ1v) is 12.1. The van der Waals surface area contributed by atoms with Crippen LogP contribution in [0.4, 0.5) is 0 Å². The zero-order valence-corrected chi connectivity index (χ0v) is 21.5. The Bertz CT molecular complexity index is 999. The summed E-state index contributed by atoms with van der Waals surface area (Å²) in [6, 6.07) is 29.3. The molecule has 3 rings (SSSR count). The van der Waals surface area contributed by atoms with Crippen molar-refractivity contribution >= 4 is 28.6 Å². The molecule has 0 unspecified atom stereocenters. The van der Waals surface area contributed by atoms with Crippen LogP contribution in [0.15, 0.2) is 84.9 Å². The molecule has 0 radical (unpaired) electrons. The SMILES string of the molecule is C[C@@H](c1ccccc1)N(Cc1ccccc1)[C@H](CC(=O)OC(C)(C)C)c1ccccc1I. The van der Waals surface area contributed by atoms with Crippen LogP contribution in [-0.2, 0) is 16.1 Å². The summed E-state index contributed by atoms with van der Waals surface area (Å²) in [4.78, 5) is 15.4. The van der Waals surface area contributed by atoms with Crippen LogP contribution in [0.1, 0.15) is 62.9 Å². The number of carbonyl (C=O) groups is 1. The van der Waals surface area contributed by atoms with Crippen molar-refractivity contribution in [3.8, 4) is 0 Å². The number of ether oxygens (including phenoxy) is 1. The van der Waals surface area contributed by atoms with Crippen molar-refractivity contribution in [1.29, 1.82) is 0 Å². The third-order valence-corrected chi connectivity index (χ3v) is 6.41. The molecule has 3 aromatic carbocycles. The first-order chi connectivity index (χ1) is 15.2. The molecule has 168 valence electrons. The largest absolute Gasteiger partial charge is 0.460 e. The summed E-state index contributed by atoms with van der Waals surface area (Å²) in [6.07, 6.45) is 0.293. The van der Waals surface area contributed by atoms with Crippen molar-refractivity contribution in [1.82, 2.24) is 4.90 Å². The van der Waals surface area contributed by atoms with Gasteiger partial charge in [-0.1, -0.05) is 78.9 Å². The molecule has 0 amide bonds. The summed E-state index contributed by atoms with van der Waals surface area (Å²) < 4.78 is 6.90. The third kappa shape index (κ3) is 6.91. The molecule has 0 saturated carbocycles. The highest BCUT2D eigenvalue weighted by Crippen LogP contribution is 2.37. The van der Waals surface area contributed by atoms with Crippen LogP contribution in [0.25, 0.3) is 0 Å². The molecule has 0 spiro atoms. The molecular formula is C28H32INO2. The summed E-state index contributed by atoms with van der Waals surface area (Å²) in [5, 5.41) is 0. The van der Waals surface area contributed by atoms with E-state index in [9.17, 15) is 4.79 Å². The van der Waals surface area contributed by atoms with Gasteiger partial charge >= 0.3 is 5.97 Å². The molecule has 0 bridgehead atoms. The Hall–Kier alpha value is -2.18. The van der Waals surface area contributed by atoms with Crippen LogP contribution in [0.3, 0.4) is 0 Å². The molecule has 32 heavy (non-hydrogen) atoms. The summed E-state index contributed by atoms with van der Waals surface area (Å²) in [5.74, 6) is -0.180. The fraction of sp³-hybridized carbons (Fsp3) is 0.321. The second kappa shape index (κ2) is 11.1. The van der Waals surface area contributed by atoms with Crippen molar-refractivity contribution in [3.05, 3.63) is 105 Å². The lowest BCUT2D eigenvalue weighted by atomic mass is 9.96. The monoisotopic (exact) mass is 541 g/mol. The van der Waals surface area contributed by atoms with E-state index in [0.717, 1.165) is 15.7 Å². The molecule has 0 aliphatic rings. The maximum Gasteiger partial charge on any atom is 0.308 e. The predicted octanol–water partition coefficient (Wildman–Crippen LogP) is 7.33. The number of halogens is 1. The van der Waals surface area contributed by atoms with Gasteiger partial charge < -0.3 is 4.74 Å². The van der Waals surface area contributed by atoms with Crippen LogP contribution < -0.4 is 0 Å². The second-order valence-corrected chi connectivity index (χ2v) is 10.2. The maximum absolute atomic E-state index is 13.0. The van der Waals surface area contributed by atoms with Gasteiger partial charge in [0, 0.05) is 22.2 Å². The summed E-state index contributed by atoms with van der Waals surface area (Å²) >= 11 is 2.37. The molecule has 3 nitrogen and oxygen atoms in total. The van der Waals surface area contributed by atoms with Gasteiger partial charge in [-0.2, -0.15) is 0 Å². The number of carbonyl (C=O) groups excluding carboxylic acids is 1. The fourth-order valence-corrected chi connectivity index (χ4v) is 4.67. The topological polar surface area (TPSA) is 29.5 Å². The standard InChI is InChI=1S/C28H32INO2/c1-21(23-15-9-6-10-16-23)30(20-22-13-7-5-8-14-22)26(19-27(31)32-28(2,3)4)24-17-11-12-18-25(24)29/h5-18,21,26H,19-20H2,1-4H3/t21-,26+/m0/s1. The molecule has 0 fully saturated rings. The van der Waals surface area contributed by atoms with E-state index in [2.05, 4.69) is 95.1 Å². The molecule has 0 saturated heterocycles. The molecular weight excluding hydrogens is 509 g/mol. The van der Waals surface area contributed by atoms with Crippen LogP contribution in [0.2, 0.25) is 0 Å². The molecule has 0 aliphatic carbocycles. The number of hydrogen-bond donors (Lipinski definition) is 0. The van der Waals surface area contributed by atoms with E-state index < -0.39 is 5.60 Å². The van der Waals surface area contributed by atoms with Gasteiger partial charge in [-0.05, 0) is 73.0 Å². The Morgan fingerprint density at radius 2 is 1.47 bits per heavy atom. The zero-order chi connectivity index (χ0) is 23.1. The highest BCUT2D eigenvalue weighted by Gasteiger charge is 2.31. The molecule has 2 atom stereocenters. The van der Waals surface area contributed by atoms with E-state index in [1.165, 1.54) is 11.1 Å². The number of esters is 1. The third-order valence-electron chi connectivity index (χ3n) is 5.43. The number of hydrogen-bond acceptors (Lipinski definition) is 3. The average Bonchev–Trinajstić information content (AvgIpc) is 2.76. The van der Waals surface area contributed by atoms with Crippen molar-refractivity contribution in [3.63, 3.8) is 0 Å². The summed E-state index contributed by atoms with van der Waals surface area (Å²) in [5.41, 5.74) is 3.08. The van der Waals surface area contributed by atoms with Crippen molar-refractivity contribution in [2.45, 2.75) is 58.3 Å². The van der Waals surface area contributed by atoms with Crippen LogP contribution >= 0.6 is 22.6 Å². The normalized spacial score (nSPS) is 13.6. The second-order valence-electron chi connectivity index (χ2n) is 9.07. The Morgan fingerprint density at radius 1 is 0.906 bits per heavy atom. The van der Waals surface area contributed by atoms with Gasteiger partial charge in [0.2, 0.25) is 0 Å². The molecule has 4 heteroatoms. The minimum Gasteiger partial charge on any atom is -0.460 e. The first kappa shape index (κ1) is 24.5. The number of benzene rings is 3. The van der Waals surface area contributed by atoms with Crippen molar-refractivity contribution < 1.29 is 9.53 Å². The highest BCUT2D eigenvalue weighted by atomic mass is 127. The number of nitrogens with zero attached hydrogens (tertiary/aromatic N) is 1. The van der Waals surface area contributed by atoms with Gasteiger partial charge in [0.05, 0.1) is 6.42 Å². The van der Waals surface area contributed by atoms with E-state index in [1.807, 2.05) is 45.0 Å². The summed E-state index contributed by atoms with van der Waals surface area (Å²) in [6.45, 7) is 8.70. The van der Waals surface area contributed by atoms with Gasteiger partial charge in [0.1, 0.15) is 5.60 Å². The zero-order valence-electron chi connectivity index (χ0n) is 19.3. The van der Waals surface area contributed by atoms with Crippen LogP contribution in [0, 0.1) is 3.57 Å². The minimum absolute atomic E-state index is 0.111. The lowest BCUT2D eigenvalue weighted by molar-refractivity contribution is -0.156. The Balaban J connectivity index is 2.04. The molecule has 0 N–H and O–H groups in total. The number of rotatable bonds is 8. The van der Waals surface area contributed by atoms with Gasteiger partial charge in [0.15, 0.2) is 0 Å². The quantitative estimate of drug-likeness (QED) is 0.221. The predicted molar refractivity (Wildman–Crippen MR) is 139 cm³/mol. The maximum atomic E-state index is 13.0. The first-order valence-electron chi connectivity index (χ1n) is 11.1. The van der Waals surface area contributed by atoms with Gasteiger partial charge in [-0.3, -0.25) is 9.69 Å². The van der Waals surface area contributed by atoms with Crippen LogP contribution in [-0.4, -0.2) is 16.5 Å². The van der Waals surface area contributed by atoms with E-state index >= 15 is 0 Å². The lowest BCUT2D eigenvalue weighted by Crippen LogP contribution is -2.35. The molecule has 0 heterocycles. The van der Waals surface area contributed by atoms with Crippen LogP contribution in [0.5, 0.6) is 0 Å². The van der Waals surface area contributed by atoms with Gasteiger partial charge in [-0.15, -0.1) is 0 Å². The van der Waals surface area contributed by atoms with Crippen molar-refractivity contribution in [2.75, 3.05) is 0 Å². The Kier molecular flexibility index (Phi) is 8.49. The molecule has 3 aromatic rings. The minimum atomic E-state index is -0.513. The van der Waals surface area contributed by atoms with Gasteiger partial charge in [0.25, 0.3) is 0 Å². The fourth-order valence-electron chi connectivity index (χ4n) is 3.93. The lowest BCUT2D eigenvalue weighted by Gasteiger charge is -2.37. The molecule has 0 aromatic heterocycles. The van der Waals surface area contributed by atoms with E-state index in [-0.39, 0.29) is 18.1 Å². The van der Waals surface area contributed by atoms with E-state index in [1.54, 1.807) is 0 Å². The average molecular weight is 541 g/mol. The van der Waals surface area contributed by atoms with Gasteiger partial charge in [-0.25, -0.2) is 0 Å².